The van der Waals surface area contributed by atoms with Crippen molar-refractivity contribution in [3.05, 3.63) is 35.4 Å². The Morgan fingerprint density at radius 1 is 0.370 bits per heavy atom. The number of carbonyl (C=O) groups excluding carboxylic acids is 4. The Labute approximate surface area is 332 Å². The number of benzene rings is 1. The fraction of sp³-hybridized carbons (Fsp3) is 0.783. The van der Waals surface area contributed by atoms with Crippen LogP contribution in [0, 0.1) is 11.8 Å². The molecule has 0 heterocycles. The first-order valence-corrected chi connectivity index (χ1v) is 22.4. The Hall–Kier alpha value is -2.90. The van der Waals surface area contributed by atoms with E-state index in [0.29, 0.717) is 52.4 Å². The number of amides is 4. The van der Waals surface area contributed by atoms with Gasteiger partial charge in [0.05, 0.1) is 0 Å². The van der Waals surface area contributed by atoms with Crippen molar-refractivity contribution in [2.75, 3.05) is 52.4 Å². The van der Waals surface area contributed by atoms with Gasteiger partial charge in [-0.2, -0.15) is 0 Å². The molecule has 0 unspecified atom stereocenters. The lowest BCUT2D eigenvalue weighted by Crippen LogP contribution is -2.48. The van der Waals surface area contributed by atoms with Crippen LogP contribution >= 0.6 is 0 Å². The molecule has 1 aromatic carbocycles. The lowest BCUT2D eigenvalue weighted by Gasteiger charge is -2.33. The van der Waals surface area contributed by atoms with Crippen molar-refractivity contribution in [1.29, 1.82) is 0 Å². The molecule has 0 spiro atoms. The smallest absolute Gasteiger partial charge is 0.235 e. The zero-order valence-electron chi connectivity index (χ0n) is 36.3. The van der Waals surface area contributed by atoms with Gasteiger partial charge in [-0.25, -0.2) is 0 Å². The highest BCUT2D eigenvalue weighted by atomic mass is 16.2. The van der Waals surface area contributed by atoms with E-state index in [1.807, 2.05) is 43.9 Å². The van der Waals surface area contributed by atoms with E-state index in [0.717, 1.165) is 114 Å². The topological polar surface area (TPSA) is 81.2 Å². The minimum absolute atomic E-state index is 0.0889. The van der Waals surface area contributed by atoms with Gasteiger partial charge in [0.2, 0.25) is 23.6 Å². The van der Waals surface area contributed by atoms with Crippen molar-refractivity contribution < 1.29 is 19.2 Å². The second kappa shape index (κ2) is 30.3. The van der Waals surface area contributed by atoms with Crippen LogP contribution in [0.3, 0.4) is 0 Å². The standard InChI is InChI=1S/C46H82N4O4/c1-9-17-29-47(30-18-10-2)43(51)41(44(52)48(31-19-11-3)32-20-12-4)37-39-27-25-26-28-40(39)38-42(45(53)49(33-21-13-5)34-22-14-6)46(54)50(35-23-15-7)36-24-16-8/h25-28,41-42H,9-24,29-38H2,1-8H3. The summed E-state index contributed by atoms with van der Waals surface area (Å²) in [4.78, 5) is 66.3. The van der Waals surface area contributed by atoms with E-state index in [9.17, 15) is 19.2 Å². The molecular formula is C46H82N4O4. The fourth-order valence-electron chi connectivity index (χ4n) is 6.96. The van der Waals surface area contributed by atoms with Crippen molar-refractivity contribution in [1.82, 2.24) is 19.6 Å². The summed E-state index contributed by atoms with van der Waals surface area (Å²) in [6.07, 6.45) is 15.5. The van der Waals surface area contributed by atoms with Gasteiger partial charge in [0.25, 0.3) is 0 Å². The first-order valence-electron chi connectivity index (χ1n) is 22.4. The molecule has 0 fully saturated rings. The van der Waals surface area contributed by atoms with Crippen molar-refractivity contribution >= 4 is 23.6 Å². The molecule has 4 amide bonds. The summed E-state index contributed by atoms with van der Waals surface area (Å²) in [6, 6.07) is 7.95. The van der Waals surface area contributed by atoms with E-state index in [-0.39, 0.29) is 36.5 Å². The molecule has 0 aliphatic carbocycles. The summed E-state index contributed by atoms with van der Waals surface area (Å²) in [6.45, 7) is 22.2. The van der Waals surface area contributed by atoms with Gasteiger partial charge in [-0.15, -0.1) is 0 Å². The van der Waals surface area contributed by atoms with Crippen LogP contribution in [-0.2, 0) is 32.0 Å². The second-order valence-electron chi connectivity index (χ2n) is 15.4. The molecule has 8 heteroatoms. The maximum absolute atomic E-state index is 14.6. The van der Waals surface area contributed by atoms with Crippen LogP contribution in [0.2, 0.25) is 0 Å². The van der Waals surface area contributed by atoms with Gasteiger partial charge in [0, 0.05) is 52.4 Å². The number of carbonyl (C=O) groups is 4. The normalized spacial score (nSPS) is 11.3. The highest BCUT2D eigenvalue weighted by Gasteiger charge is 2.37. The van der Waals surface area contributed by atoms with Crippen molar-refractivity contribution in [2.24, 2.45) is 11.8 Å². The maximum Gasteiger partial charge on any atom is 0.235 e. The molecule has 0 radical (unpaired) electrons. The lowest BCUT2D eigenvalue weighted by atomic mass is 9.87. The maximum atomic E-state index is 14.6. The summed E-state index contributed by atoms with van der Waals surface area (Å²) in [5, 5.41) is 0. The quantitative estimate of drug-likeness (QED) is 0.0687. The van der Waals surface area contributed by atoms with Crippen molar-refractivity contribution in [3.63, 3.8) is 0 Å². The van der Waals surface area contributed by atoms with Crippen LogP contribution in [-0.4, -0.2) is 95.6 Å². The second-order valence-corrected chi connectivity index (χ2v) is 15.4. The fourth-order valence-corrected chi connectivity index (χ4v) is 6.96. The zero-order valence-corrected chi connectivity index (χ0v) is 36.3. The van der Waals surface area contributed by atoms with Gasteiger partial charge in [0.15, 0.2) is 0 Å². The van der Waals surface area contributed by atoms with E-state index in [2.05, 4.69) is 55.4 Å². The lowest BCUT2D eigenvalue weighted by molar-refractivity contribution is -0.149. The van der Waals surface area contributed by atoms with Crippen LogP contribution < -0.4 is 0 Å². The average molecular weight is 755 g/mol. The molecule has 8 nitrogen and oxygen atoms in total. The Morgan fingerprint density at radius 2 is 0.556 bits per heavy atom. The molecule has 0 N–H and O–H groups in total. The SMILES string of the molecule is CCCCN(CCCC)C(=O)C(Cc1ccccc1CC(C(=O)N(CCCC)CCCC)C(=O)N(CCCC)CCCC)C(=O)N(CCCC)CCCC. The first-order chi connectivity index (χ1) is 26.2. The number of hydrogen-bond donors (Lipinski definition) is 0. The van der Waals surface area contributed by atoms with Gasteiger partial charge in [-0.3, -0.25) is 19.2 Å². The summed E-state index contributed by atoms with van der Waals surface area (Å²) < 4.78 is 0. The minimum atomic E-state index is -0.852. The predicted octanol–water partition coefficient (Wildman–Crippen LogP) is 9.72. The monoisotopic (exact) mass is 755 g/mol. The molecule has 0 bridgehead atoms. The van der Waals surface area contributed by atoms with Crippen molar-refractivity contribution in [2.45, 2.75) is 171 Å². The van der Waals surface area contributed by atoms with E-state index in [1.165, 1.54) is 0 Å². The number of nitrogens with zero attached hydrogens (tertiary/aromatic N) is 4. The van der Waals surface area contributed by atoms with E-state index in [1.54, 1.807) is 0 Å². The number of hydrogen-bond acceptors (Lipinski definition) is 4. The Morgan fingerprint density at radius 3 is 0.722 bits per heavy atom. The molecule has 0 aliphatic heterocycles. The highest BCUT2D eigenvalue weighted by molar-refractivity contribution is 6.01. The predicted molar refractivity (Wildman–Crippen MR) is 226 cm³/mol. The molecule has 310 valence electrons. The summed E-state index contributed by atoms with van der Waals surface area (Å²) in [5.74, 6) is -2.06. The molecule has 0 aromatic heterocycles. The van der Waals surface area contributed by atoms with Gasteiger partial charge < -0.3 is 19.6 Å². The molecule has 0 saturated heterocycles. The summed E-state index contributed by atoms with van der Waals surface area (Å²) in [7, 11) is 0. The van der Waals surface area contributed by atoms with Crippen LogP contribution in [0.4, 0.5) is 0 Å². The highest BCUT2D eigenvalue weighted by Crippen LogP contribution is 2.25. The summed E-state index contributed by atoms with van der Waals surface area (Å²) in [5.41, 5.74) is 1.77. The molecule has 1 aromatic rings. The van der Waals surface area contributed by atoms with Crippen LogP contribution in [0.5, 0.6) is 0 Å². The number of rotatable bonds is 32. The Balaban J connectivity index is 3.82. The zero-order chi connectivity index (χ0) is 40.1. The van der Waals surface area contributed by atoms with Gasteiger partial charge in [0.1, 0.15) is 11.8 Å². The average Bonchev–Trinajstić information content (AvgIpc) is 3.18. The molecule has 0 saturated carbocycles. The van der Waals surface area contributed by atoms with Gasteiger partial charge in [-0.1, -0.05) is 131 Å². The summed E-state index contributed by atoms with van der Waals surface area (Å²) >= 11 is 0. The Kier molecular flexibility index (Phi) is 27.6. The minimum Gasteiger partial charge on any atom is -0.342 e. The van der Waals surface area contributed by atoms with Crippen LogP contribution in [0.1, 0.15) is 169 Å². The third-order valence-electron chi connectivity index (χ3n) is 10.7. The molecule has 0 aliphatic rings. The molecule has 0 atom stereocenters. The van der Waals surface area contributed by atoms with Crippen molar-refractivity contribution in [3.8, 4) is 0 Å². The van der Waals surface area contributed by atoms with E-state index < -0.39 is 11.8 Å². The third-order valence-corrected chi connectivity index (χ3v) is 10.7. The molecule has 54 heavy (non-hydrogen) atoms. The van der Waals surface area contributed by atoms with Crippen LogP contribution in [0.15, 0.2) is 24.3 Å². The Bertz CT molecular complexity index is 988. The largest absolute Gasteiger partial charge is 0.342 e. The van der Waals surface area contributed by atoms with Crippen LogP contribution in [0.25, 0.3) is 0 Å². The third kappa shape index (κ3) is 17.7. The van der Waals surface area contributed by atoms with Gasteiger partial charge >= 0.3 is 0 Å². The van der Waals surface area contributed by atoms with E-state index in [4.69, 9.17) is 0 Å². The molecular weight excluding hydrogens is 673 g/mol. The van der Waals surface area contributed by atoms with Gasteiger partial charge in [-0.05, 0) is 75.3 Å². The number of unbranched alkanes of at least 4 members (excludes halogenated alkanes) is 8. The van der Waals surface area contributed by atoms with E-state index >= 15 is 0 Å². The first kappa shape index (κ1) is 49.1. The molecule has 1 rings (SSSR count).